The van der Waals surface area contributed by atoms with Gasteiger partial charge in [0.25, 0.3) is 0 Å². The summed E-state index contributed by atoms with van der Waals surface area (Å²) in [5.41, 5.74) is 13.9. The van der Waals surface area contributed by atoms with Crippen LogP contribution in [0.2, 0.25) is 0 Å². The third-order valence-electron chi connectivity index (χ3n) is 3.15. The Labute approximate surface area is 118 Å². The molecule has 0 aliphatic carbocycles. The van der Waals surface area contributed by atoms with Crippen molar-refractivity contribution < 1.29 is 9.13 Å². The van der Waals surface area contributed by atoms with Gasteiger partial charge >= 0.3 is 0 Å². The van der Waals surface area contributed by atoms with Gasteiger partial charge in [0.05, 0.1) is 0 Å². The van der Waals surface area contributed by atoms with Crippen molar-refractivity contribution in [2.45, 2.75) is 19.6 Å². The van der Waals surface area contributed by atoms with E-state index in [0.717, 1.165) is 11.1 Å². The highest BCUT2D eigenvalue weighted by Crippen LogP contribution is 2.29. The van der Waals surface area contributed by atoms with Crippen molar-refractivity contribution in [3.63, 3.8) is 0 Å². The van der Waals surface area contributed by atoms with Crippen LogP contribution in [0.25, 0.3) is 0 Å². The molecular weight excluding hydrogens is 255 g/mol. The fourth-order valence-electron chi connectivity index (χ4n) is 2.09. The summed E-state index contributed by atoms with van der Waals surface area (Å²) < 4.78 is 19.3. The van der Waals surface area contributed by atoms with E-state index in [9.17, 15) is 4.39 Å². The second kappa shape index (κ2) is 6.50. The predicted octanol–water partition coefficient (Wildman–Crippen LogP) is 2.67. The summed E-state index contributed by atoms with van der Waals surface area (Å²) in [6.45, 7) is 2.46. The number of hydrogen-bond acceptors (Lipinski definition) is 3. The zero-order valence-electron chi connectivity index (χ0n) is 11.5. The highest BCUT2D eigenvalue weighted by Gasteiger charge is 2.15. The smallest absolute Gasteiger partial charge is 0.127 e. The van der Waals surface area contributed by atoms with Gasteiger partial charge in [-0.3, -0.25) is 0 Å². The van der Waals surface area contributed by atoms with Crippen LogP contribution in [0.3, 0.4) is 0 Å². The quantitative estimate of drug-likeness (QED) is 0.881. The van der Waals surface area contributed by atoms with Crippen LogP contribution in [0, 0.1) is 12.7 Å². The van der Waals surface area contributed by atoms with Crippen molar-refractivity contribution in [1.29, 1.82) is 0 Å². The Kier molecular flexibility index (Phi) is 4.71. The van der Waals surface area contributed by atoms with Gasteiger partial charge in [0, 0.05) is 18.2 Å². The molecule has 2 aromatic rings. The standard InChI is InChI=1S/C16H19FN2O/c1-11-7-13(17)8-14(15(19)9-18)16(11)20-10-12-5-3-2-4-6-12/h2-8,15H,9-10,18-19H2,1H3. The minimum Gasteiger partial charge on any atom is -0.488 e. The summed E-state index contributed by atoms with van der Waals surface area (Å²) in [6, 6.07) is 12.2. The summed E-state index contributed by atoms with van der Waals surface area (Å²) in [5.74, 6) is 0.293. The lowest BCUT2D eigenvalue weighted by atomic mass is 10.0. The summed E-state index contributed by atoms with van der Waals surface area (Å²) in [5, 5.41) is 0. The van der Waals surface area contributed by atoms with E-state index in [0.29, 0.717) is 17.9 Å². The van der Waals surface area contributed by atoms with Crippen molar-refractivity contribution in [2.75, 3.05) is 6.54 Å². The van der Waals surface area contributed by atoms with E-state index in [4.69, 9.17) is 16.2 Å². The van der Waals surface area contributed by atoms with Gasteiger partial charge in [0.15, 0.2) is 0 Å². The SMILES string of the molecule is Cc1cc(F)cc(C(N)CN)c1OCc1ccccc1. The van der Waals surface area contributed by atoms with Gasteiger partial charge in [-0.1, -0.05) is 30.3 Å². The molecule has 3 nitrogen and oxygen atoms in total. The first kappa shape index (κ1) is 14.5. The molecule has 0 saturated heterocycles. The van der Waals surface area contributed by atoms with Crippen molar-refractivity contribution in [3.8, 4) is 5.75 Å². The summed E-state index contributed by atoms with van der Waals surface area (Å²) in [4.78, 5) is 0. The largest absolute Gasteiger partial charge is 0.488 e. The minimum absolute atomic E-state index is 0.241. The van der Waals surface area contributed by atoms with E-state index in [1.807, 2.05) is 30.3 Å². The van der Waals surface area contributed by atoms with Crippen LogP contribution in [-0.2, 0) is 6.61 Å². The first-order valence-electron chi connectivity index (χ1n) is 6.54. The number of nitrogens with two attached hydrogens (primary N) is 2. The van der Waals surface area contributed by atoms with Crippen LogP contribution in [-0.4, -0.2) is 6.54 Å². The average molecular weight is 274 g/mol. The average Bonchev–Trinajstić information content (AvgIpc) is 2.46. The van der Waals surface area contributed by atoms with E-state index in [1.54, 1.807) is 6.92 Å². The molecule has 0 bridgehead atoms. The molecule has 4 N–H and O–H groups in total. The third-order valence-corrected chi connectivity index (χ3v) is 3.15. The van der Waals surface area contributed by atoms with Gasteiger partial charge in [0.1, 0.15) is 18.2 Å². The number of aryl methyl sites for hydroxylation is 1. The van der Waals surface area contributed by atoms with Crippen molar-refractivity contribution in [2.24, 2.45) is 11.5 Å². The minimum atomic E-state index is -0.435. The van der Waals surface area contributed by atoms with Gasteiger partial charge in [-0.2, -0.15) is 0 Å². The molecule has 2 aromatic carbocycles. The van der Waals surface area contributed by atoms with Crippen LogP contribution in [0.15, 0.2) is 42.5 Å². The van der Waals surface area contributed by atoms with Gasteiger partial charge in [0.2, 0.25) is 0 Å². The molecule has 0 aromatic heterocycles. The molecule has 0 spiro atoms. The monoisotopic (exact) mass is 274 g/mol. The molecule has 106 valence electrons. The zero-order chi connectivity index (χ0) is 14.5. The third kappa shape index (κ3) is 3.35. The lowest BCUT2D eigenvalue weighted by molar-refractivity contribution is 0.298. The molecule has 0 heterocycles. The molecule has 0 amide bonds. The molecule has 4 heteroatoms. The van der Waals surface area contributed by atoms with Crippen LogP contribution in [0.4, 0.5) is 4.39 Å². The molecular formula is C16H19FN2O. The zero-order valence-corrected chi connectivity index (χ0v) is 11.5. The second-order valence-electron chi connectivity index (χ2n) is 4.76. The molecule has 0 aliphatic heterocycles. The molecule has 0 fully saturated rings. The van der Waals surface area contributed by atoms with Crippen LogP contribution < -0.4 is 16.2 Å². The molecule has 1 unspecified atom stereocenters. The maximum Gasteiger partial charge on any atom is 0.127 e. The fraction of sp³-hybridized carbons (Fsp3) is 0.250. The summed E-state index contributed by atoms with van der Waals surface area (Å²) >= 11 is 0. The molecule has 2 rings (SSSR count). The first-order chi connectivity index (χ1) is 9.61. The van der Waals surface area contributed by atoms with Gasteiger partial charge < -0.3 is 16.2 Å². The topological polar surface area (TPSA) is 61.3 Å². The number of halogens is 1. The second-order valence-corrected chi connectivity index (χ2v) is 4.76. The lowest BCUT2D eigenvalue weighted by Gasteiger charge is -2.18. The normalized spacial score (nSPS) is 12.2. The molecule has 0 saturated carbocycles. The van der Waals surface area contributed by atoms with E-state index in [1.165, 1.54) is 12.1 Å². The number of ether oxygens (including phenoxy) is 1. The summed E-state index contributed by atoms with van der Waals surface area (Å²) in [7, 11) is 0. The van der Waals surface area contributed by atoms with Gasteiger partial charge in [-0.05, 0) is 30.2 Å². The Morgan fingerprint density at radius 1 is 1.20 bits per heavy atom. The van der Waals surface area contributed by atoms with E-state index >= 15 is 0 Å². The number of benzene rings is 2. The maximum atomic E-state index is 13.5. The molecule has 1 atom stereocenters. The molecule has 20 heavy (non-hydrogen) atoms. The number of rotatable bonds is 5. The van der Waals surface area contributed by atoms with Crippen LogP contribution >= 0.6 is 0 Å². The lowest BCUT2D eigenvalue weighted by Crippen LogP contribution is -2.22. The highest BCUT2D eigenvalue weighted by molar-refractivity contribution is 5.43. The van der Waals surface area contributed by atoms with E-state index in [-0.39, 0.29) is 12.4 Å². The Morgan fingerprint density at radius 3 is 2.55 bits per heavy atom. The fourth-order valence-corrected chi connectivity index (χ4v) is 2.09. The number of hydrogen-bond donors (Lipinski definition) is 2. The first-order valence-corrected chi connectivity index (χ1v) is 6.54. The molecule has 0 aliphatic rings. The van der Waals surface area contributed by atoms with E-state index < -0.39 is 6.04 Å². The van der Waals surface area contributed by atoms with Crippen LogP contribution in [0.1, 0.15) is 22.7 Å². The van der Waals surface area contributed by atoms with E-state index in [2.05, 4.69) is 0 Å². The Balaban J connectivity index is 2.26. The van der Waals surface area contributed by atoms with Gasteiger partial charge in [-0.15, -0.1) is 0 Å². The summed E-state index contributed by atoms with van der Waals surface area (Å²) in [6.07, 6.45) is 0. The highest BCUT2D eigenvalue weighted by atomic mass is 19.1. The van der Waals surface area contributed by atoms with Crippen LogP contribution in [0.5, 0.6) is 5.75 Å². The van der Waals surface area contributed by atoms with Crippen molar-refractivity contribution >= 4 is 0 Å². The molecule has 0 radical (unpaired) electrons. The predicted molar refractivity (Wildman–Crippen MR) is 77.9 cm³/mol. The Bertz CT molecular complexity index is 572. The van der Waals surface area contributed by atoms with Gasteiger partial charge in [-0.25, -0.2) is 4.39 Å². The maximum absolute atomic E-state index is 13.5. The Morgan fingerprint density at radius 2 is 1.90 bits per heavy atom. The Hall–Kier alpha value is -1.91. The van der Waals surface area contributed by atoms with Crippen molar-refractivity contribution in [3.05, 3.63) is 65.0 Å². The van der Waals surface area contributed by atoms with Crippen molar-refractivity contribution in [1.82, 2.24) is 0 Å².